The number of carbonyl (C=O) groups excluding carboxylic acids is 2. The summed E-state index contributed by atoms with van der Waals surface area (Å²) >= 11 is 1.34. The molecule has 2 aromatic carbocycles. The quantitative estimate of drug-likeness (QED) is 0.432. The summed E-state index contributed by atoms with van der Waals surface area (Å²) < 4.78 is 1.82. The number of benzene rings is 2. The minimum atomic E-state index is -0.509. The highest BCUT2D eigenvalue weighted by molar-refractivity contribution is 8.00. The summed E-state index contributed by atoms with van der Waals surface area (Å²) in [5, 5.41) is 7.75. The fourth-order valence-corrected chi connectivity index (χ4v) is 4.31. The molecule has 0 aliphatic heterocycles. The molecule has 32 heavy (non-hydrogen) atoms. The van der Waals surface area contributed by atoms with Crippen LogP contribution in [0.3, 0.4) is 0 Å². The lowest BCUT2D eigenvalue weighted by atomic mass is 10.1. The highest BCUT2D eigenvalue weighted by Crippen LogP contribution is 2.32. The lowest BCUT2D eigenvalue weighted by Gasteiger charge is -2.11. The van der Waals surface area contributed by atoms with Crippen molar-refractivity contribution in [2.24, 2.45) is 5.73 Å². The first-order valence-corrected chi connectivity index (χ1v) is 11.0. The number of rotatable bonds is 6. The third kappa shape index (κ3) is 4.36. The van der Waals surface area contributed by atoms with Crippen LogP contribution in [0.25, 0.3) is 16.8 Å². The Morgan fingerprint density at radius 3 is 2.41 bits per heavy atom. The predicted molar refractivity (Wildman–Crippen MR) is 127 cm³/mol. The van der Waals surface area contributed by atoms with Crippen molar-refractivity contribution in [3.63, 3.8) is 0 Å². The Balaban J connectivity index is 1.62. The number of nitrogens with zero attached hydrogens (tertiary/aromatic N) is 3. The van der Waals surface area contributed by atoms with Crippen molar-refractivity contribution < 1.29 is 9.59 Å². The number of thioether (sulfide) groups is 1. The van der Waals surface area contributed by atoms with Crippen LogP contribution in [0.2, 0.25) is 0 Å². The first-order chi connectivity index (χ1) is 15.3. The van der Waals surface area contributed by atoms with E-state index in [4.69, 9.17) is 10.7 Å². The molecule has 3 N–H and O–H groups in total. The number of hydrogen-bond acceptors (Lipinski definition) is 5. The predicted octanol–water partition coefficient (Wildman–Crippen LogP) is 4.23. The minimum Gasteiger partial charge on any atom is -0.366 e. The molecule has 0 saturated heterocycles. The Hall–Kier alpha value is -3.65. The van der Waals surface area contributed by atoms with Gasteiger partial charge in [-0.2, -0.15) is 5.10 Å². The van der Waals surface area contributed by atoms with Crippen molar-refractivity contribution in [2.75, 3.05) is 5.32 Å². The molecule has 1 atom stereocenters. The van der Waals surface area contributed by atoms with Crippen LogP contribution in [0.1, 0.15) is 28.5 Å². The molecule has 0 aliphatic carbocycles. The lowest BCUT2D eigenvalue weighted by molar-refractivity contribution is -0.115. The largest absolute Gasteiger partial charge is 0.366 e. The molecule has 162 valence electrons. The van der Waals surface area contributed by atoms with E-state index in [9.17, 15) is 9.59 Å². The van der Waals surface area contributed by atoms with Gasteiger partial charge in [-0.3, -0.25) is 9.59 Å². The Kier molecular flexibility index (Phi) is 5.96. The number of amides is 2. The molecule has 0 radical (unpaired) electrons. The van der Waals surface area contributed by atoms with E-state index < -0.39 is 11.2 Å². The lowest BCUT2D eigenvalue weighted by Crippen LogP contribution is -2.23. The molecule has 2 aromatic heterocycles. The number of nitrogens with one attached hydrogen (secondary N) is 1. The van der Waals surface area contributed by atoms with Crippen LogP contribution >= 0.6 is 11.8 Å². The van der Waals surface area contributed by atoms with Crippen LogP contribution in [0.4, 0.5) is 5.69 Å². The maximum Gasteiger partial charge on any atom is 0.248 e. The van der Waals surface area contributed by atoms with Crippen molar-refractivity contribution >= 4 is 34.8 Å². The average molecular weight is 446 g/mol. The molecule has 0 spiro atoms. The Morgan fingerprint density at radius 2 is 1.75 bits per heavy atom. The zero-order valence-electron chi connectivity index (χ0n) is 18.0. The molecule has 2 amide bonds. The van der Waals surface area contributed by atoms with Gasteiger partial charge >= 0.3 is 0 Å². The van der Waals surface area contributed by atoms with E-state index in [0.29, 0.717) is 16.4 Å². The summed E-state index contributed by atoms with van der Waals surface area (Å²) in [6.45, 7) is 5.80. The van der Waals surface area contributed by atoms with E-state index in [0.717, 1.165) is 28.0 Å². The van der Waals surface area contributed by atoms with Crippen molar-refractivity contribution in [1.82, 2.24) is 14.6 Å². The van der Waals surface area contributed by atoms with Gasteiger partial charge in [-0.25, -0.2) is 9.50 Å². The van der Waals surface area contributed by atoms with Gasteiger partial charge in [0.25, 0.3) is 0 Å². The standard InChI is InChI=1S/C24H23N5O2S/c1-14-13-15(2)28-29-21(14)20(17-7-5-4-6-8-17)27-24(29)32-16(3)23(31)26-19-11-9-18(10-12-19)22(25)30/h4-13,16H,1-3H3,(H2,25,30)(H,26,31)/t16-/m0/s1. The molecular weight excluding hydrogens is 422 g/mol. The highest BCUT2D eigenvalue weighted by Gasteiger charge is 2.22. The van der Waals surface area contributed by atoms with Gasteiger partial charge in [0.15, 0.2) is 5.16 Å². The molecule has 0 bridgehead atoms. The second kappa shape index (κ2) is 8.84. The molecule has 7 nitrogen and oxygen atoms in total. The van der Waals surface area contributed by atoms with Crippen LogP contribution in [-0.4, -0.2) is 31.7 Å². The summed E-state index contributed by atoms with van der Waals surface area (Å²) in [5.41, 5.74) is 11.0. The van der Waals surface area contributed by atoms with Gasteiger partial charge in [-0.05, 0) is 56.7 Å². The van der Waals surface area contributed by atoms with Gasteiger partial charge in [-0.1, -0.05) is 42.1 Å². The zero-order chi connectivity index (χ0) is 22.8. The molecule has 0 fully saturated rings. The van der Waals surface area contributed by atoms with Gasteiger partial charge in [0, 0.05) is 16.8 Å². The number of aromatic nitrogens is 3. The highest BCUT2D eigenvalue weighted by atomic mass is 32.2. The van der Waals surface area contributed by atoms with Crippen LogP contribution in [-0.2, 0) is 4.79 Å². The number of nitrogens with two attached hydrogens (primary N) is 1. The number of aryl methyl sites for hydroxylation is 2. The van der Waals surface area contributed by atoms with E-state index in [1.54, 1.807) is 24.3 Å². The molecule has 4 rings (SSSR count). The van der Waals surface area contributed by atoms with Crippen molar-refractivity contribution in [3.05, 3.63) is 77.5 Å². The number of carbonyl (C=O) groups is 2. The van der Waals surface area contributed by atoms with Crippen molar-refractivity contribution in [1.29, 1.82) is 0 Å². The number of imidazole rings is 1. The summed E-state index contributed by atoms with van der Waals surface area (Å²) in [6, 6.07) is 18.5. The number of hydrogen-bond donors (Lipinski definition) is 2. The van der Waals surface area contributed by atoms with E-state index in [1.807, 2.05) is 61.7 Å². The first-order valence-electron chi connectivity index (χ1n) is 10.1. The van der Waals surface area contributed by atoms with Crippen molar-refractivity contribution in [2.45, 2.75) is 31.2 Å². The number of anilines is 1. The molecule has 8 heteroatoms. The normalized spacial score (nSPS) is 12.0. The summed E-state index contributed by atoms with van der Waals surface area (Å²) in [4.78, 5) is 28.9. The molecule has 4 aromatic rings. The van der Waals surface area contributed by atoms with E-state index in [-0.39, 0.29) is 5.91 Å². The third-order valence-corrected chi connectivity index (χ3v) is 6.06. The van der Waals surface area contributed by atoms with Gasteiger partial charge in [0.05, 0.1) is 22.2 Å². The fraction of sp³-hybridized carbons (Fsp3) is 0.167. The van der Waals surface area contributed by atoms with Crippen LogP contribution in [0, 0.1) is 13.8 Å². The summed E-state index contributed by atoms with van der Waals surface area (Å²) in [5.74, 6) is -0.686. The molecule has 0 saturated carbocycles. The number of primary amides is 1. The Morgan fingerprint density at radius 1 is 1.06 bits per heavy atom. The van der Waals surface area contributed by atoms with Gasteiger partial charge < -0.3 is 11.1 Å². The monoisotopic (exact) mass is 445 g/mol. The molecule has 2 heterocycles. The molecule has 0 aliphatic rings. The fourth-order valence-electron chi connectivity index (χ4n) is 3.45. The van der Waals surface area contributed by atoms with E-state index >= 15 is 0 Å². The van der Waals surface area contributed by atoms with Gasteiger partial charge in [0.2, 0.25) is 11.8 Å². The first kappa shape index (κ1) is 21.6. The zero-order valence-corrected chi connectivity index (χ0v) is 18.8. The van der Waals surface area contributed by atoms with Crippen LogP contribution in [0.5, 0.6) is 0 Å². The average Bonchev–Trinajstić information content (AvgIpc) is 3.13. The molecule has 0 unspecified atom stereocenters. The Labute approximate surface area is 190 Å². The van der Waals surface area contributed by atoms with Crippen LogP contribution < -0.4 is 11.1 Å². The van der Waals surface area contributed by atoms with Gasteiger partial charge in [0.1, 0.15) is 0 Å². The van der Waals surface area contributed by atoms with E-state index in [1.165, 1.54) is 11.8 Å². The smallest absolute Gasteiger partial charge is 0.248 e. The van der Waals surface area contributed by atoms with E-state index in [2.05, 4.69) is 10.4 Å². The molecular formula is C24H23N5O2S. The summed E-state index contributed by atoms with van der Waals surface area (Å²) in [6.07, 6.45) is 0. The second-order valence-corrected chi connectivity index (χ2v) is 8.84. The maximum atomic E-state index is 12.8. The maximum absolute atomic E-state index is 12.8. The SMILES string of the molecule is Cc1cc(C)c2c(-c3ccccc3)nc(S[C@@H](C)C(=O)Nc3ccc(C(N)=O)cc3)n2n1. The second-order valence-electron chi connectivity index (χ2n) is 7.53. The minimum absolute atomic E-state index is 0.177. The van der Waals surface area contributed by atoms with Crippen LogP contribution in [0.15, 0.2) is 65.8 Å². The number of fused-ring (bicyclic) bond motifs is 1. The third-order valence-electron chi connectivity index (χ3n) is 5.02. The summed E-state index contributed by atoms with van der Waals surface area (Å²) in [7, 11) is 0. The van der Waals surface area contributed by atoms with Crippen molar-refractivity contribution in [3.8, 4) is 11.3 Å². The topological polar surface area (TPSA) is 102 Å². The van der Waals surface area contributed by atoms with Gasteiger partial charge in [-0.15, -0.1) is 0 Å². The Bertz CT molecular complexity index is 1300.